The van der Waals surface area contributed by atoms with Gasteiger partial charge in [-0.25, -0.2) is 0 Å². The van der Waals surface area contributed by atoms with Crippen LogP contribution in [0.1, 0.15) is 76.7 Å². The topological polar surface area (TPSA) is 39.7 Å². The van der Waals surface area contributed by atoms with Crippen LogP contribution in [0, 0.1) is 6.92 Å². The maximum atomic E-state index is 6.43. The van der Waals surface area contributed by atoms with Crippen molar-refractivity contribution in [3.05, 3.63) is 59.2 Å². The Bertz CT molecular complexity index is 846. The van der Waals surface area contributed by atoms with Crippen LogP contribution in [0.4, 0.5) is 5.69 Å². The fourth-order valence-electron chi connectivity index (χ4n) is 4.14. The van der Waals surface area contributed by atoms with E-state index >= 15 is 0 Å². The molecule has 0 aromatic heterocycles. The fraction of sp³-hybridized carbons (Fsp3) is 0.556. The van der Waals surface area contributed by atoms with E-state index in [9.17, 15) is 0 Å². The zero-order chi connectivity index (χ0) is 22.4. The molecule has 2 aromatic carbocycles. The van der Waals surface area contributed by atoms with E-state index in [4.69, 9.17) is 14.2 Å². The Morgan fingerprint density at radius 2 is 1.87 bits per heavy atom. The SMILES string of the molecule is CCCCCOC1C(OC(C)C)c2cc(NCc3ccccc3C)ccc2OC1(C)C. The second-order valence-corrected chi connectivity index (χ2v) is 9.34. The van der Waals surface area contributed by atoms with E-state index in [1.165, 1.54) is 24.0 Å². The Balaban J connectivity index is 1.84. The Morgan fingerprint density at radius 3 is 2.58 bits per heavy atom. The summed E-state index contributed by atoms with van der Waals surface area (Å²) in [6, 6.07) is 14.8. The predicted octanol–water partition coefficient (Wildman–Crippen LogP) is 6.82. The summed E-state index contributed by atoms with van der Waals surface area (Å²) in [5, 5.41) is 3.57. The minimum atomic E-state index is -0.463. The average Bonchev–Trinajstić information content (AvgIpc) is 2.71. The van der Waals surface area contributed by atoms with Crippen molar-refractivity contribution in [3.8, 4) is 5.75 Å². The molecule has 1 N–H and O–H groups in total. The molecule has 2 atom stereocenters. The standard InChI is InChI=1S/C27H39NO3/c1-7-8-11-16-29-26-25(30-19(2)3)23-17-22(14-15-24(23)31-27(26,5)6)28-18-21-13-10-9-12-20(21)4/h9-10,12-15,17,19,25-26,28H,7-8,11,16,18H2,1-6H3. The summed E-state index contributed by atoms with van der Waals surface area (Å²) >= 11 is 0. The van der Waals surface area contributed by atoms with Crippen LogP contribution in [0.5, 0.6) is 5.75 Å². The van der Waals surface area contributed by atoms with Crippen LogP contribution in [-0.2, 0) is 16.0 Å². The molecule has 0 bridgehead atoms. The van der Waals surface area contributed by atoms with Gasteiger partial charge in [-0.2, -0.15) is 0 Å². The van der Waals surface area contributed by atoms with Crippen molar-refractivity contribution >= 4 is 5.69 Å². The van der Waals surface area contributed by atoms with Crippen molar-refractivity contribution in [1.29, 1.82) is 0 Å². The number of fused-ring (bicyclic) bond motifs is 1. The summed E-state index contributed by atoms with van der Waals surface area (Å²) in [5.74, 6) is 0.880. The van der Waals surface area contributed by atoms with Crippen LogP contribution in [0.25, 0.3) is 0 Å². The molecule has 4 heteroatoms. The maximum absolute atomic E-state index is 6.43. The van der Waals surface area contributed by atoms with Crippen molar-refractivity contribution in [2.75, 3.05) is 11.9 Å². The monoisotopic (exact) mass is 425 g/mol. The van der Waals surface area contributed by atoms with Gasteiger partial charge in [-0.15, -0.1) is 0 Å². The summed E-state index contributed by atoms with van der Waals surface area (Å²) in [4.78, 5) is 0. The molecule has 0 radical (unpaired) electrons. The number of anilines is 1. The normalized spacial score (nSPS) is 19.7. The second-order valence-electron chi connectivity index (χ2n) is 9.34. The average molecular weight is 426 g/mol. The van der Waals surface area contributed by atoms with Crippen molar-refractivity contribution < 1.29 is 14.2 Å². The van der Waals surface area contributed by atoms with Gasteiger partial charge in [0.25, 0.3) is 0 Å². The number of hydrogen-bond acceptors (Lipinski definition) is 4. The van der Waals surface area contributed by atoms with Gasteiger partial charge in [0.15, 0.2) is 0 Å². The highest BCUT2D eigenvalue weighted by Gasteiger charge is 2.46. The Morgan fingerprint density at radius 1 is 1.10 bits per heavy atom. The van der Waals surface area contributed by atoms with Gasteiger partial charge in [0.1, 0.15) is 23.6 Å². The lowest BCUT2D eigenvalue weighted by Crippen LogP contribution is -2.51. The van der Waals surface area contributed by atoms with E-state index in [2.05, 4.69) is 89.3 Å². The predicted molar refractivity (Wildman–Crippen MR) is 128 cm³/mol. The van der Waals surface area contributed by atoms with Crippen molar-refractivity contribution in [3.63, 3.8) is 0 Å². The first kappa shape index (κ1) is 23.6. The van der Waals surface area contributed by atoms with Crippen LogP contribution in [0.2, 0.25) is 0 Å². The summed E-state index contributed by atoms with van der Waals surface area (Å²) in [6.45, 7) is 14.2. The number of benzene rings is 2. The lowest BCUT2D eigenvalue weighted by atomic mass is 9.87. The molecular weight excluding hydrogens is 386 g/mol. The molecule has 1 aliphatic rings. The molecule has 0 amide bonds. The molecule has 2 aromatic rings. The molecule has 1 aliphatic heterocycles. The molecule has 0 fully saturated rings. The van der Waals surface area contributed by atoms with E-state index in [1.807, 2.05) is 0 Å². The fourth-order valence-corrected chi connectivity index (χ4v) is 4.14. The van der Waals surface area contributed by atoms with E-state index in [0.717, 1.165) is 36.6 Å². The van der Waals surface area contributed by atoms with Gasteiger partial charge < -0.3 is 19.5 Å². The van der Waals surface area contributed by atoms with Crippen molar-refractivity contribution in [1.82, 2.24) is 0 Å². The lowest BCUT2D eigenvalue weighted by Gasteiger charge is -2.45. The van der Waals surface area contributed by atoms with Crippen LogP contribution in [0.15, 0.2) is 42.5 Å². The van der Waals surface area contributed by atoms with E-state index in [1.54, 1.807) is 0 Å². The van der Waals surface area contributed by atoms with Gasteiger partial charge in [0.2, 0.25) is 0 Å². The highest BCUT2D eigenvalue weighted by molar-refractivity contribution is 5.54. The maximum Gasteiger partial charge on any atom is 0.132 e. The minimum Gasteiger partial charge on any atom is -0.485 e. The minimum absolute atomic E-state index is 0.0945. The van der Waals surface area contributed by atoms with Crippen LogP contribution >= 0.6 is 0 Å². The Labute approximate surface area is 188 Å². The number of aryl methyl sites for hydroxylation is 1. The zero-order valence-electron chi connectivity index (χ0n) is 20.0. The van der Waals surface area contributed by atoms with Gasteiger partial charge in [-0.3, -0.25) is 0 Å². The van der Waals surface area contributed by atoms with Crippen LogP contribution in [-0.4, -0.2) is 24.4 Å². The summed E-state index contributed by atoms with van der Waals surface area (Å²) in [7, 11) is 0. The van der Waals surface area contributed by atoms with Gasteiger partial charge in [-0.05, 0) is 70.4 Å². The number of hydrogen-bond donors (Lipinski definition) is 1. The molecule has 0 spiro atoms. The van der Waals surface area contributed by atoms with E-state index in [-0.39, 0.29) is 18.3 Å². The molecule has 0 saturated carbocycles. The molecule has 0 saturated heterocycles. The molecule has 0 aliphatic carbocycles. The summed E-state index contributed by atoms with van der Waals surface area (Å²) in [5.41, 5.74) is 4.24. The largest absolute Gasteiger partial charge is 0.485 e. The van der Waals surface area contributed by atoms with Crippen molar-refractivity contribution in [2.24, 2.45) is 0 Å². The van der Waals surface area contributed by atoms with E-state index < -0.39 is 5.60 Å². The third kappa shape index (κ3) is 6.02. The molecule has 31 heavy (non-hydrogen) atoms. The molecule has 170 valence electrons. The first-order valence-corrected chi connectivity index (χ1v) is 11.7. The number of ether oxygens (including phenoxy) is 3. The Kier molecular flexibility index (Phi) is 8.01. The van der Waals surface area contributed by atoms with Gasteiger partial charge in [0, 0.05) is 24.4 Å². The lowest BCUT2D eigenvalue weighted by molar-refractivity contribution is -0.173. The third-order valence-electron chi connectivity index (χ3n) is 5.86. The second kappa shape index (κ2) is 10.5. The highest BCUT2D eigenvalue weighted by Crippen LogP contribution is 2.44. The van der Waals surface area contributed by atoms with E-state index in [0.29, 0.717) is 0 Å². The van der Waals surface area contributed by atoms with Crippen LogP contribution in [0.3, 0.4) is 0 Å². The summed E-state index contributed by atoms with van der Waals surface area (Å²) in [6.07, 6.45) is 3.18. The first-order valence-electron chi connectivity index (χ1n) is 11.7. The molecule has 4 nitrogen and oxygen atoms in total. The van der Waals surface area contributed by atoms with Gasteiger partial charge in [-0.1, -0.05) is 44.0 Å². The van der Waals surface area contributed by atoms with Gasteiger partial charge in [0.05, 0.1) is 6.10 Å². The smallest absolute Gasteiger partial charge is 0.132 e. The van der Waals surface area contributed by atoms with Crippen molar-refractivity contribution in [2.45, 2.75) is 91.3 Å². The third-order valence-corrected chi connectivity index (χ3v) is 5.86. The number of nitrogens with one attached hydrogen (secondary N) is 1. The van der Waals surface area contributed by atoms with Gasteiger partial charge >= 0.3 is 0 Å². The summed E-state index contributed by atoms with van der Waals surface area (Å²) < 4.78 is 19.2. The number of unbranched alkanes of at least 4 members (excludes halogenated alkanes) is 2. The first-order chi connectivity index (χ1) is 14.8. The molecular formula is C27H39NO3. The molecule has 1 heterocycles. The Hall–Kier alpha value is -2.04. The molecule has 3 rings (SSSR count). The highest BCUT2D eigenvalue weighted by atomic mass is 16.6. The number of rotatable bonds is 10. The van der Waals surface area contributed by atoms with Crippen LogP contribution < -0.4 is 10.1 Å². The quantitative estimate of drug-likeness (QED) is 0.424. The molecule has 2 unspecified atom stereocenters. The zero-order valence-corrected chi connectivity index (χ0v) is 20.0.